The predicted octanol–water partition coefficient (Wildman–Crippen LogP) is 2.25. The highest BCUT2D eigenvalue weighted by Gasteiger charge is 2.54. The lowest BCUT2D eigenvalue weighted by atomic mass is 9.85. The molecule has 5 rings (SSSR count). The average molecular weight is 677 g/mol. The first-order chi connectivity index (χ1) is 23.3. The number of amides is 4. The molecule has 1 aromatic carbocycles. The third-order valence-electron chi connectivity index (χ3n) is 9.62. The number of ether oxygens (including phenoxy) is 1. The van der Waals surface area contributed by atoms with E-state index in [1.165, 1.54) is 4.90 Å². The molecule has 264 valence electrons. The van der Waals surface area contributed by atoms with Gasteiger partial charge in [0.15, 0.2) is 0 Å². The summed E-state index contributed by atoms with van der Waals surface area (Å²) in [5.41, 5.74) is 2.99. The van der Waals surface area contributed by atoms with Gasteiger partial charge >= 0.3 is 0 Å². The first kappa shape index (κ1) is 36.0. The van der Waals surface area contributed by atoms with Crippen molar-refractivity contribution in [1.29, 1.82) is 5.26 Å². The van der Waals surface area contributed by atoms with Gasteiger partial charge in [-0.15, -0.1) is 0 Å². The van der Waals surface area contributed by atoms with Crippen LogP contribution in [-0.4, -0.2) is 83.8 Å². The first-order valence-electron chi connectivity index (χ1n) is 17.3. The Hall–Kier alpha value is -4.28. The van der Waals surface area contributed by atoms with Gasteiger partial charge in [-0.1, -0.05) is 46.2 Å². The minimum absolute atomic E-state index is 0.00628. The molecule has 3 aliphatic heterocycles. The molecule has 13 heteroatoms. The zero-order valence-electron chi connectivity index (χ0n) is 28.8. The summed E-state index contributed by atoms with van der Waals surface area (Å²) < 4.78 is 5.43. The number of rotatable bonds is 12. The van der Waals surface area contributed by atoms with Crippen molar-refractivity contribution in [2.45, 2.75) is 109 Å². The van der Waals surface area contributed by atoms with Crippen LogP contribution in [0.15, 0.2) is 30.3 Å². The number of benzene rings is 1. The van der Waals surface area contributed by atoms with E-state index in [0.29, 0.717) is 30.9 Å². The van der Waals surface area contributed by atoms with Crippen LogP contribution in [-0.2, 0) is 33.5 Å². The Labute approximate surface area is 287 Å². The van der Waals surface area contributed by atoms with Crippen molar-refractivity contribution >= 4 is 35.1 Å². The lowest BCUT2D eigenvalue weighted by molar-refractivity contribution is -0.145. The molecule has 1 aliphatic carbocycles. The molecule has 49 heavy (non-hydrogen) atoms. The summed E-state index contributed by atoms with van der Waals surface area (Å²) in [5, 5.41) is 17.7. The number of nitrogens with one attached hydrogen (secondary N) is 4. The molecule has 0 unspecified atom stereocenters. The zero-order chi connectivity index (χ0) is 35.3. The highest BCUT2D eigenvalue weighted by molar-refractivity contribution is 6.38. The van der Waals surface area contributed by atoms with Crippen LogP contribution in [0.1, 0.15) is 90.2 Å². The molecule has 4 amide bonds. The largest absolute Gasteiger partial charge is 0.381 e. The molecule has 0 radical (unpaired) electrons. The molecular formula is C36H48N6O7. The van der Waals surface area contributed by atoms with Gasteiger partial charge in [0, 0.05) is 32.1 Å². The van der Waals surface area contributed by atoms with Crippen LogP contribution in [0, 0.1) is 22.7 Å². The summed E-state index contributed by atoms with van der Waals surface area (Å²) >= 11 is 0. The number of hydrogen-bond donors (Lipinski definition) is 4. The van der Waals surface area contributed by atoms with Gasteiger partial charge in [-0.25, -0.2) is 0 Å². The van der Waals surface area contributed by atoms with Crippen molar-refractivity contribution in [1.82, 2.24) is 26.3 Å². The van der Waals surface area contributed by atoms with E-state index in [2.05, 4.69) is 27.5 Å². The lowest BCUT2D eigenvalue weighted by Gasteiger charge is -2.36. The molecule has 2 saturated heterocycles. The van der Waals surface area contributed by atoms with Crippen LogP contribution < -0.4 is 21.4 Å². The molecule has 1 aromatic rings. The van der Waals surface area contributed by atoms with Crippen molar-refractivity contribution in [3.63, 3.8) is 0 Å². The van der Waals surface area contributed by atoms with Crippen LogP contribution in [0.25, 0.3) is 5.70 Å². The van der Waals surface area contributed by atoms with E-state index in [1.54, 1.807) is 24.3 Å². The Balaban J connectivity index is 1.41. The van der Waals surface area contributed by atoms with Gasteiger partial charge in [0.1, 0.15) is 17.7 Å². The standard InChI is InChI=1S/C36H48N6O7/c1-5-6-26(30(44)33(46)38-25-11-12-25)39-32(45)28-19-36(18-27(41-49-36)24-9-7-23(20-37)8-10-24)21-42(28)34(47)31(35(2,3)4)40-29(43)17-22-13-15-48-16-14-22/h7-10,18,22,25-26,28,31,41H,5-6,11-17,19,21H2,1-4H3,(H,38,46)(H,39,45)(H,40,43)/t26-,28-,31+,36+/m0/s1. The monoisotopic (exact) mass is 676 g/mol. The molecule has 0 aromatic heterocycles. The Bertz CT molecular complexity index is 1500. The van der Waals surface area contributed by atoms with E-state index < -0.39 is 52.6 Å². The number of Topliss-reactive ketones (excluding diaryl/α,β-unsaturated/α-hetero) is 1. The summed E-state index contributed by atoms with van der Waals surface area (Å²) in [5.74, 6) is -2.56. The van der Waals surface area contributed by atoms with Crippen molar-refractivity contribution in [2.75, 3.05) is 19.8 Å². The van der Waals surface area contributed by atoms with Crippen molar-refractivity contribution in [3.8, 4) is 6.07 Å². The average Bonchev–Trinajstić information content (AvgIpc) is 3.67. The zero-order valence-corrected chi connectivity index (χ0v) is 28.8. The fraction of sp³-hybridized carbons (Fsp3) is 0.611. The fourth-order valence-corrected chi connectivity index (χ4v) is 6.60. The number of likely N-dealkylation sites (tertiary alicyclic amines) is 1. The minimum atomic E-state index is -1.11. The molecule has 1 spiro atoms. The second kappa shape index (κ2) is 15.1. The number of carbonyl (C=O) groups is 5. The normalized spacial score (nSPS) is 23.5. The van der Waals surface area contributed by atoms with Gasteiger partial charge in [0.25, 0.3) is 5.91 Å². The Kier molecular flexibility index (Phi) is 11.1. The summed E-state index contributed by atoms with van der Waals surface area (Å²) in [7, 11) is 0. The first-order valence-corrected chi connectivity index (χ1v) is 17.3. The smallest absolute Gasteiger partial charge is 0.289 e. The molecule has 4 atom stereocenters. The van der Waals surface area contributed by atoms with Crippen LogP contribution in [0.2, 0.25) is 0 Å². The second-order valence-corrected chi connectivity index (χ2v) is 14.8. The van der Waals surface area contributed by atoms with Crippen molar-refractivity contribution in [2.24, 2.45) is 11.3 Å². The Morgan fingerprint density at radius 3 is 2.37 bits per heavy atom. The predicted molar refractivity (Wildman–Crippen MR) is 179 cm³/mol. The maximum absolute atomic E-state index is 14.5. The number of hydrogen-bond acceptors (Lipinski definition) is 9. The minimum Gasteiger partial charge on any atom is -0.381 e. The molecule has 0 bridgehead atoms. The number of hydroxylamine groups is 1. The van der Waals surface area contributed by atoms with Crippen LogP contribution in [0.4, 0.5) is 0 Å². The van der Waals surface area contributed by atoms with Crippen LogP contribution in [0.5, 0.6) is 0 Å². The summed E-state index contributed by atoms with van der Waals surface area (Å²) in [4.78, 5) is 75.3. The third-order valence-corrected chi connectivity index (χ3v) is 9.62. The quantitative estimate of drug-likeness (QED) is 0.242. The van der Waals surface area contributed by atoms with E-state index in [-0.39, 0.29) is 43.7 Å². The van der Waals surface area contributed by atoms with Gasteiger partial charge in [0.05, 0.1) is 29.9 Å². The van der Waals surface area contributed by atoms with E-state index in [0.717, 1.165) is 31.2 Å². The van der Waals surface area contributed by atoms with Gasteiger partial charge in [0.2, 0.25) is 23.5 Å². The molecule has 3 fully saturated rings. The molecule has 13 nitrogen and oxygen atoms in total. The highest BCUT2D eigenvalue weighted by Crippen LogP contribution is 2.39. The van der Waals surface area contributed by atoms with Gasteiger partial charge in [-0.2, -0.15) is 5.26 Å². The van der Waals surface area contributed by atoms with Gasteiger partial charge < -0.3 is 25.6 Å². The van der Waals surface area contributed by atoms with Crippen molar-refractivity contribution in [3.05, 3.63) is 41.5 Å². The summed E-state index contributed by atoms with van der Waals surface area (Å²) in [6.45, 7) is 8.62. The van der Waals surface area contributed by atoms with Crippen molar-refractivity contribution < 1.29 is 33.5 Å². The van der Waals surface area contributed by atoms with Crippen LogP contribution in [0.3, 0.4) is 0 Å². The molecular weight excluding hydrogens is 628 g/mol. The maximum Gasteiger partial charge on any atom is 0.289 e. The lowest BCUT2D eigenvalue weighted by Crippen LogP contribution is -2.59. The van der Waals surface area contributed by atoms with E-state index in [4.69, 9.17) is 9.57 Å². The summed E-state index contributed by atoms with van der Waals surface area (Å²) in [6, 6.07) is 5.92. The fourth-order valence-electron chi connectivity index (χ4n) is 6.60. The van der Waals surface area contributed by atoms with E-state index in [9.17, 15) is 29.2 Å². The third kappa shape index (κ3) is 8.85. The topological polar surface area (TPSA) is 179 Å². The summed E-state index contributed by atoms with van der Waals surface area (Å²) in [6.07, 6.45) is 6.13. The van der Waals surface area contributed by atoms with Gasteiger partial charge in [-0.3, -0.25) is 34.3 Å². The number of nitriles is 1. The molecule has 3 heterocycles. The number of nitrogens with zero attached hydrogens (tertiary/aromatic N) is 2. The second-order valence-electron chi connectivity index (χ2n) is 14.8. The maximum atomic E-state index is 14.5. The number of carbonyl (C=O) groups excluding carboxylic acids is 5. The number of ketones is 1. The SMILES string of the molecule is CCC[C@H](NC(=O)[C@@H]1C[C@]2(C=C(c3ccc(C#N)cc3)NO2)CN1C(=O)[C@@H](NC(=O)CC1CCOCC1)C(C)(C)C)C(=O)C(=O)NC1CC1. The van der Waals surface area contributed by atoms with E-state index in [1.807, 2.05) is 33.8 Å². The highest BCUT2D eigenvalue weighted by atomic mass is 16.7. The van der Waals surface area contributed by atoms with E-state index >= 15 is 0 Å². The Morgan fingerprint density at radius 1 is 1.06 bits per heavy atom. The molecule has 1 saturated carbocycles. The molecule has 4 aliphatic rings. The molecule has 4 N–H and O–H groups in total. The Morgan fingerprint density at radius 2 is 1.76 bits per heavy atom. The van der Waals surface area contributed by atoms with Crippen LogP contribution >= 0.6 is 0 Å². The van der Waals surface area contributed by atoms with Gasteiger partial charge in [-0.05, 0) is 67.2 Å².